The number of anilines is 1. The number of likely N-dealkylation sites (N-methyl/N-ethyl adjacent to an activating group) is 2. The zero-order valence-electron chi connectivity index (χ0n) is 12.3. The van der Waals surface area contributed by atoms with E-state index in [1.165, 1.54) is 19.4 Å². The van der Waals surface area contributed by atoms with Crippen molar-refractivity contribution in [1.82, 2.24) is 4.90 Å². The first-order valence-corrected chi connectivity index (χ1v) is 7.31. The standard InChI is InChI=1S/C16H26N2O/c1-4-16(19)14-9-5-6-10-15(14)18(3)12-13-8-7-11-17(13)2/h5-6,9-10,13,16,19H,4,7-8,11-12H2,1-3H3/t13?,16-/m0/s1. The van der Waals surface area contributed by atoms with Crippen LogP contribution in [0.25, 0.3) is 0 Å². The van der Waals surface area contributed by atoms with Crippen molar-refractivity contribution >= 4 is 5.69 Å². The summed E-state index contributed by atoms with van der Waals surface area (Å²) in [5.74, 6) is 0. The molecule has 0 aliphatic carbocycles. The Morgan fingerprint density at radius 3 is 2.79 bits per heavy atom. The Morgan fingerprint density at radius 1 is 1.42 bits per heavy atom. The topological polar surface area (TPSA) is 26.7 Å². The third kappa shape index (κ3) is 3.28. The third-order valence-electron chi connectivity index (χ3n) is 4.25. The molecule has 1 fully saturated rings. The molecule has 0 aromatic heterocycles. The van der Waals surface area contributed by atoms with Crippen LogP contribution in [-0.4, -0.2) is 43.2 Å². The van der Waals surface area contributed by atoms with E-state index in [2.05, 4.69) is 36.0 Å². The van der Waals surface area contributed by atoms with Gasteiger partial charge in [0.15, 0.2) is 0 Å². The Balaban J connectivity index is 2.12. The summed E-state index contributed by atoms with van der Waals surface area (Å²) >= 11 is 0. The van der Waals surface area contributed by atoms with E-state index in [1.54, 1.807) is 0 Å². The number of likely N-dealkylation sites (tertiary alicyclic amines) is 1. The number of nitrogens with zero attached hydrogens (tertiary/aromatic N) is 2. The number of hydrogen-bond acceptors (Lipinski definition) is 3. The van der Waals surface area contributed by atoms with E-state index in [0.29, 0.717) is 6.04 Å². The number of rotatable bonds is 5. The smallest absolute Gasteiger partial charge is 0.0807 e. The SMILES string of the molecule is CC[C@H](O)c1ccccc1N(C)CC1CCCN1C. The van der Waals surface area contributed by atoms with E-state index in [4.69, 9.17) is 0 Å². The molecule has 1 unspecified atom stereocenters. The van der Waals surface area contributed by atoms with Gasteiger partial charge in [-0.15, -0.1) is 0 Å². The Morgan fingerprint density at radius 2 is 2.16 bits per heavy atom. The lowest BCUT2D eigenvalue weighted by Crippen LogP contribution is -2.37. The summed E-state index contributed by atoms with van der Waals surface area (Å²) in [7, 11) is 4.34. The van der Waals surface area contributed by atoms with Crippen molar-refractivity contribution in [3.63, 3.8) is 0 Å². The normalized spacial score (nSPS) is 21.6. The third-order valence-corrected chi connectivity index (χ3v) is 4.25. The molecule has 106 valence electrons. The minimum absolute atomic E-state index is 0.361. The van der Waals surface area contributed by atoms with Gasteiger partial charge < -0.3 is 14.9 Å². The second-order valence-corrected chi connectivity index (χ2v) is 5.64. The highest BCUT2D eigenvalue weighted by Crippen LogP contribution is 2.28. The lowest BCUT2D eigenvalue weighted by atomic mass is 10.0. The molecule has 3 heteroatoms. The van der Waals surface area contributed by atoms with Gasteiger partial charge in [0.1, 0.15) is 0 Å². The molecule has 0 radical (unpaired) electrons. The molecule has 1 aliphatic rings. The molecule has 1 saturated heterocycles. The molecule has 2 atom stereocenters. The molecular formula is C16H26N2O. The average molecular weight is 262 g/mol. The minimum atomic E-state index is -0.361. The predicted molar refractivity (Wildman–Crippen MR) is 80.6 cm³/mol. The van der Waals surface area contributed by atoms with Gasteiger partial charge in [-0.1, -0.05) is 25.1 Å². The minimum Gasteiger partial charge on any atom is -0.388 e. The van der Waals surface area contributed by atoms with Gasteiger partial charge in [0.25, 0.3) is 0 Å². The predicted octanol–water partition coefficient (Wildman–Crippen LogP) is 2.66. The number of para-hydroxylation sites is 1. The van der Waals surface area contributed by atoms with Crippen molar-refractivity contribution in [3.8, 4) is 0 Å². The molecule has 3 nitrogen and oxygen atoms in total. The average Bonchev–Trinajstić information content (AvgIpc) is 2.83. The summed E-state index contributed by atoms with van der Waals surface area (Å²) in [6.45, 7) is 4.26. The van der Waals surface area contributed by atoms with Crippen molar-refractivity contribution in [2.75, 3.05) is 32.1 Å². The summed E-state index contributed by atoms with van der Waals surface area (Å²) in [5, 5.41) is 10.1. The number of hydrogen-bond donors (Lipinski definition) is 1. The molecule has 1 aliphatic heterocycles. The molecular weight excluding hydrogens is 236 g/mol. The number of benzene rings is 1. The zero-order valence-corrected chi connectivity index (χ0v) is 12.3. The van der Waals surface area contributed by atoms with Gasteiger partial charge in [0.05, 0.1) is 6.10 Å². The van der Waals surface area contributed by atoms with Crippen LogP contribution < -0.4 is 4.90 Å². The van der Waals surface area contributed by atoms with Crippen LogP contribution in [0, 0.1) is 0 Å². The van der Waals surface area contributed by atoms with Crippen molar-refractivity contribution in [2.45, 2.75) is 38.3 Å². The Kier molecular flexibility index (Phi) is 4.83. The van der Waals surface area contributed by atoms with Crippen molar-refractivity contribution in [1.29, 1.82) is 0 Å². The van der Waals surface area contributed by atoms with Crippen molar-refractivity contribution in [2.24, 2.45) is 0 Å². The molecule has 1 heterocycles. The van der Waals surface area contributed by atoms with Crippen LogP contribution in [-0.2, 0) is 0 Å². The second kappa shape index (κ2) is 6.40. The lowest BCUT2D eigenvalue weighted by Gasteiger charge is -2.29. The van der Waals surface area contributed by atoms with Crippen LogP contribution in [0.5, 0.6) is 0 Å². The quantitative estimate of drug-likeness (QED) is 0.884. The van der Waals surface area contributed by atoms with Gasteiger partial charge in [-0.05, 0) is 38.9 Å². The first-order chi connectivity index (χ1) is 9.13. The summed E-state index contributed by atoms with van der Waals surface area (Å²) in [5.41, 5.74) is 2.21. The van der Waals surface area contributed by atoms with Gasteiger partial charge >= 0.3 is 0 Å². The second-order valence-electron chi connectivity index (χ2n) is 5.64. The maximum Gasteiger partial charge on any atom is 0.0807 e. The van der Waals surface area contributed by atoms with Crippen LogP contribution in [0.4, 0.5) is 5.69 Å². The highest BCUT2D eigenvalue weighted by Gasteiger charge is 2.23. The van der Waals surface area contributed by atoms with Crippen molar-refractivity contribution < 1.29 is 5.11 Å². The monoisotopic (exact) mass is 262 g/mol. The summed E-state index contributed by atoms with van der Waals surface area (Å²) in [6.07, 6.45) is 2.97. The summed E-state index contributed by atoms with van der Waals surface area (Å²) in [6, 6.07) is 8.85. The first kappa shape index (κ1) is 14.4. The van der Waals surface area contributed by atoms with E-state index in [-0.39, 0.29) is 6.10 Å². The Bertz CT molecular complexity index is 407. The lowest BCUT2D eigenvalue weighted by molar-refractivity contribution is 0.174. The fourth-order valence-electron chi connectivity index (χ4n) is 2.96. The first-order valence-electron chi connectivity index (χ1n) is 7.31. The van der Waals surface area contributed by atoms with Gasteiger partial charge in [-0.2, -0.15) is 0 Å². The maximum atomic E-state index is 10.1. The molecule has 1 aromatic rings. The van der Waals surface area contributed by atoms with E-state index in [9.17, 15) is 5.11 Å². The fraction of sp³-hybridized carbons (Fsp3) is 0.625. The van der Waals surface area contributed by atoms with E-state index >= 15 is 0 Å². The number of aliphatic hydroxyl groups is 1. The molecule has 2 rings (SSSR count). The van der Waals surface area contributed by atoms with Gasteiger partial charge in [0, 0.05) is 30.9 Å². The van der Waals surface area contributed by atoms with Crippen LogP contribution in [0.3, 0.4) is 0 Å². The molecule has 0 saturated carbocycles. The highest BCUT2D eigenvalue weighted by atomic mass is 16.3. The van der Waals surface area contributed by atoms with Gasteiger partial charge in [-0.25, -0.2) is 0 Å². The van der Waals surface area contributed by atoms with E-state index < -0.39 is 0 Å². The van der Waals surface area contributed by atoms with Gasteiger partial charge in [0.2, 0.25) is 0 Å². The van der Waals surface area contributed by atoms with E-state index in [1.807, 2.05) is 19.1 Å². The van der Waals surface area contributed by atoms with Crippen LogP contribution in [0.15, 0.2) is 24.3 Å². The van der Waals surface area contributed by atoms with Crippen LogP contribution in [0.1, 0.15) is 37.9 Å². The molecule has 0 bridgehead atoms. The van der Waals surface area contributed by atoms with E-state index in [0.717, 1.165) is 24.2 Å². The maximum absolute atomic E-state index is 10.1. The molecule has 19 heavy (non-hydrogen) atoms. The largest absolute Gasteiger partial charge is 0.388 e. The zero-order chi connectivity index (χ0) is 13.8. The highest BCUT2D eigenvalue weighted by molar-refractivity contribution is 5.54. The Labute approximate surface area is 116 Å². The van der Waals surface area contributed by atoms with Crippen molar-refractivity contribution in [3.05, 3.63) is 29.8 Å². The van der Waals surface area contributed by atoms with Crippen LogP contribution >= 0.6 is 0 Å². The Hall–Kier alpha value is -1.06. The molecule has 0 spiro atoms. The molecule has 1 N–H and O–H groups in total. The number of aliphatic hydroxyl groups excluding tert-OH is 1. The summed E-state index contributed by atoms with van der Waals surface area (Å²) < 4.78 is 0. The van der Waals surface area contributed by atoms with Crippen LogP contribution in [0.2, 0.25) is 0 Å². The fourth-order valence-corrected chi connectivity index (χ4v) is 2.96. The van der Waals surface area contributed by atoms with Gasteiger partial charge in [-0.3, -0.25) is 0 Å². The summed E-state index contributed by atoms with van der Waals surface area (Å²) in [4.78, 5) is 4.73. The molecule has 1 aromatic carbocycles. The molecule has 0 amide bonds.